The van der Waals surface area contributed by atoms with Gasteiger partial charge in [-0.1, -0.05) is 12.1 Å². The van der Waals surface area contributed by atoms with E-state index in [1.165, 1.54) is 12.4 Å². The van der Waals surface area contributed by atoms with Crippen LogP contribution in [0, 0.1) is 6.92 Å². The van der Waals surface area contributed by atoms with E-state index in [-0.39, 0.29) is 30.1 Å². The Balaban J connectivity index is 1.52. The van der Waals surface area contributed by atoms with Gasteiger partial charge in [0.15, 0.2) is 13.0 Å². The molecule has 2 aromatic heterocycles. The van der Waals surface area contributed by atoms with Crippen molar-refractivity contribution in [1.82, 2.24) is 14.9 Å². The van der Waals surface area contributed by atoms with Gasteiger partial charge in [-0.3, -0.25) is 9.59 Å². The lowest BCUT2D eigenvalue weighted by atomic mass is 10.0. The molecule has 4 rings (SSSR count). The average Bonchev–Trinajstić information content (AvgIpc) is 3.41. The van der Waals surface area contributed by atoms with Gasteiger partial charge in [-0.15, -0.1) is 0 Å². The van der Waals surface area contributed by atoms with Crippen molar-refractivity contribution in [3.8, 4) is 5.75 Å². The minimum absolute atomic E-state index is 0.0302. The fourth-order valence-electron chi connectivity index (χ4n) is 3.65. The second kappa shape index (κ2) is 8.61. The maximum absolute atomic E-state index is 13.1. The molecule has 0 saturated heterocycles. The smallest absolute Gasteiger partial charge is 0.294 e. The van der Waals surface area contributed by atoms with E-state index in [1.807, 2.05) is 13.0 Å². The number of amides is 2. The van der Waals surface area contributed by atoms with Gasteiger partial charge in [-0.05, 0) is 37.1 Å². The van der Waals surface area contributed by atoms with Gasteiger partial charge >= 0.3 is 0 Å². The summed E-state index contributed by atoms with van der Waals surface area (Å²) in [4.78, 5) is 35.0. The SMILES string of the molecule is Cc1cc(C(C)N2Cc3c(ccnc3NC(=O)c3cnco3)C2=O)ccc1OCC(C)(F)F. The number of fused-ring (bicyclic) bond motifs is 1. The monoisotopic (exact) mass is 456 g/mol. The summed E-state index contributed by atoms with van der Waals surface area (Å²) in [6.45, 7) is 3.97. The molecule has 0 spiro atoms. The third-order valence-electron chi connectivity index (χ3n) is 5.39. The highest BCUT2D eigenvalue weighted by molar-refractivity contribution is 6.05. The Morgan fingerprint density at radius 2 is 2.15 bits per heavy atom. The summed E-state index contributed by atoms with van der Waals surface area (Å²) in [6, 6.07) is 6.49. The van der Waals surface area contributed by atoms with E-state index in [0.717, 1.165) is 18.9 Å². The van der Waals surface area contributed by atoms with Crippen LogP contribution in [0.25, 0.3) is 0 Å². The third kappa shape index (κ3) is 4.69. The highest BCUT2D eigenvalue weighted by atomic mass is 19.3. The van der Waals surface area contributed by atoms with Crippen LogP contribution in [0.2, 0.25) is 0 Å². The number of nitrogens with one attached hydrogen (secondary N) is 1. The molecule has 1 aromatic carbocycles. The molecule has 1 unspecified atom stereocenters. The predicted molar refractivity (Wildman–Crippen MR) is 114 cm³/mol. The summed E-state index contributed by atoms with van der Waals surface area (Å²) >= 11 is 0. The molecular weight excluding hydrogens is 434 g/mol. The lowest BCUT2D eigenvalue weighted by Gasteiger charge is -2.25. The first kappa shape index (κ1) is 22.4. The molecule has 0 fully saturated rings. The van der Waals surface area contributed by atoms with E-state index in [9.17, 15) is 18.4 Å². The summed E-state index contributed by atoms with van der Waals surface area (Å²) in [5, 5.41) is 2.67. The third-order valence-corrected chi connectivity index (χ3v) is 5.39. The second-order valence-corrected chi connectivity index (χ2v) is 8.00. The van der Waals surface area contributed by atoms with E-state index in [2.05, 4.69) is 15.3 Å². The van der Waals surface area contributed by atoms with Gasteiger partial charge in [-0.2, -0.15) is 0 Å². The zero-order chi connectivity index (χ0) is 23.8. The van der Waals surface area contributed by atoms with Gasteiger partial charge in [0.1, 0.15) is 11.6 Å². The molecule has 0 saturated carbocycles. The summed E-state index contributed by atoms with van der Waals surface area (Å²) in [6.07, 6.45) is 3.90. The lowest BCUT2D eigenvalue weighted by molar-refractivity contribution is -0.0231. The number of hydrogen-bond acceptors (Lipinski definition) is 6. The highest BCUT2D eigenvalue weighted by Gasteiger charge is 2.34. The molecule has 3 heterocycles. The van der Waals surface area contributed by atoms with Gasteiger partial charge in [0.05, 0.1) is 18.8 Å². The van der Waals surface area contributed by atoms with Crippen molar-refractivity contribution >= 4 is 17.6 Å². The van der Waals surface area contributed by atoms with Crippen LogP contribution < -0.4 is 10.1 Å². The van der Waals surface area contributed by atoms with Crippen molar-refractivity contribution < 1.29 is 27.5 Å². The Bertz CT molecular complexity index is 1190. The first-order valence-corrected chi connectivity index (χ1v) is 10.2. The largest absolute Gasteiger partial charge is 0.487 e. The molecule has 0 bridgehead atoms. The Labute approximate surface area is 188 Å². The van der Waals surface area contributed by atoms with E-state index < -0.39 is 18.4 Å². The minimum Gasteiger partial charge on any atom is -0.487 e. The number of halogens is 2. The maximum Gasteiger partial charge on any atom is 0.294 e. The molecular formula is C23H22F2N4O4. The number of ether oxygens (including phenoxy) is 1. The van der Waals surface area contributed by atoms with E-state index >= 15 is 0 Å². The summed E-state index contributed by atoms with van der Waals surface area (Å²) < 4.78 is 36.4. The molecule has 2 amide bonds. The topological polar surface area (TPSA) is 97.6 Å². The van der Waals surface area contributed by atoms with E-state index in [0.29, 0.717) is 22.4 Å². The molecule has 172 valence electrons. The molecule has 1 aliphatic heterocycles. The molecule has 10 heteroatoms. The maximum atomic E-state index is 13.1. The highest BCUT2D eigenvalue weighted by Crippen LogP contribution is 2.35. The number of carbonyl (C=O) groups is 2. The average molecular weight is 456 g/mol. The summed E-state index contributed by atoms with van der Waals surface area (Å²) in [5.74, 6) is -2.97. The number of aryl methyl sites for hydroxylation is 1. The van der Waals surface area contributed by atoms with Crippen LogP contribution in [0.4, 0.5) is 14.6 Å². The Hall–Kier alpha value is -3.82. The van der Waals surface area contributed by atoms with Crippen LogP contribution in [0.5, 0.6) is 5.75 Å². The van der Waals surface area contributed by atoms with Crippen LogP contribution >= 0.6 is 0 Å². The normalized spacial score (nSPS) is 14.2. The zero-order valence-electron chi connectivity index (χ0n) is 18.3. The number of oxazole rings is 1. The van der Waals surface area contributed by atoms with Crippen LogP contribution in [0.15, 0.2) is 47.5 Å². The molecule has 0 radical (unpaired) electrons. The molecule has 1 atom stereocenters. The van der Waals surface area contributed by atoms with Crippen molar-refractivity contribution in [3.05, 3.63) is 71.1 Å². The van der Waals surface area contributed by atoms with Crippen molar-refractivity contribution in [3.63, 3.8) is 0 Å². The molecule has 0 aliphatic carbocycles. The second-order valence-electron chi connectivity index (χ2n) is 8.00. The van der Waals surface area contributed by atoms with Gasteiger partial charge in [0, 0.05) is 24.2 Å². The predicted octanol–water partition coefficient (Wildman–Crippen LogP) is 4.38. The van der Waals surface area contributed by atoms with Crippen LogP contribution in [-0.4, -0.2) is 39.2 Å². The molecule has 8 nitrogen and oxygen atoms in total. The minimum atomic E-state index is -2.93. The number of alkyl halides is 2. The lowest BCUT2D eigenvalue weighted by Crippen LogP contribution is -2.27. The molecule has 1 N–H and O–H groups in total. The van der Waals surface area contributed by atoms with Crippen LogP contribution in [-0.2, 0) is 6.54 Å². The number of hydrogen-bond donors (Lipinski definition) is 1. The van der Waals surface area contributed by atoms with Crippen molar-refractivity contribution in [1.29, 1.82) is 0 Å². The molecule has 3 aromatic rings. The van der Waals surface area contributed by atoms with E-state index in [4.69, 9.17) is 9.15 Å². The van der Waals surface area contributed by atoms with Gasteiger partial charge in [0.25, 0.3) is 17.7 Å². The number of rotatable bonds is 7. The Morgan fingerprint density at radius 1 is 1.36 bits per heavy atom. The number of pyridine rings is 1. The number of anilines is 1. The standard InChI is InChI=1S/C23H22F2N4O4/c1-13-8-15(4-5-18(13)32-11-23(3,24)25)14(2)29-10-17-16(22(29)31)6-7-27-20(17)28-21(30)19-9-26-12-33-19/h4-9,12,14H,10-11H2,1-3H3,(H,27,28,30). The van der Waals surface area contributed by atoms with Gasteiger partial charge < -0.3 is 19.4 Å². The quantitative estimate of drug-likeness (QED) is 0.567. The number of aromatic nitrogens is 2. The van der Waals surface area contributed by atoms with Crippen molar-refractivity contribution in [2.45, 2.75) is 39.3 Å². The van der Waals surface area contributed by atoms with Gasteiger partial charge in [0.2, 0.25) is 5.76 Å². The number of nitrogens with zero attached hydrogens (tertiary/aromatic N) is 3. The van der Waals surface area contributed by atoms with Crippen LogP contribution in [0.1, 0.15) is 57.5 Å². The molecule has 33 heavy (non-hydrogen) atoms. The fraction of sp³-hybridized carbons (Fsp3) is 0.304. The molecule has 1 aliphatic rings. The number of carbonyl (C=O) groups excluding carboxylic acids is 2. The van der Waals surface area contributed by atoms with E-state index in [1.54, 1.807) is 30.0 Å². The first-order chi connectivity index (χ1) is 15.6. The van der Waals surface area contributed by atoms with Crippen LogP contribution in [0.3, 0.4) is 0 Å². The number of benzene rings is 1. The first-order valence-electron chi connectivity index (χ1n) is 10.2. The van der Waals surface area contributed by atoms with Gasteiger partial charge in [-0.25, -0.2) is 18.7 Å². The Kier molecular flexibility index (Phi) is 5.84. The Morgan fingerprint density at radius 3 is 2.82 bits per heavy atom. The zero-order valence-corrected chi connectivity index (χ0v) is 18.3. The van der Waals surface area contributed by atoms with Crippen molar-refractivity contribution in [2.75, 3.05) is 11.9 Å². The van der Waals surface area contributed by atoms with Crippen molar-refractivity contribution in [2.24, 2.45) is 0 Å². The summed E-state index contributed by atoms with van der Waals surface area (Å²) in [5.41, 5.74) is 2.56. The fourth-order valence-corrected chi connectivity index (χ4v) is 3.65. The summed E-state index contributed by atoms with van der Waals surface area (Å²) in [7, 11) is 0.